The minimum absolute atomic E-state index is 0.314. The fourth-order valence-corrected chi connectivity index (χ4v) is 1.32. The lowest BCUT2D eigenvalue weighted by atomic mass is 10.0. The van der Waals surface area contributed by atoms with Gasteiger partial charge in [0.25, 0.3) is 0 Å². The molecular formula is C10H13N2O5-. The van der Waals surface area contributed by atoms with Crippen molar-refractivity contribution in [2.75, 3.05) is 0 Å². The molecule has 0 heterocycles. The average Bonchev–Trinajstić information content (AvgIpc) is 2.14. The van der Waals surface area contributed by atoms with Gasteiger partial charge in [-0.05, 0) is 30.6 Å². The molecule has 1 atom stereocenters. The van der Waals surface area contributed by atoms with Gasteiger partial charge in [0, 0.05) is 0 Å². The summed E-state index contributed by atoms with van der Waals surface area (Å²) >= 11 is 0. The zero-order valence-corrected chi connectivity index (χ0v) is 9.75. The standard InChI is InChI=1S/C10H13N2O5/c1-10(2,3)17-9-5-4-7(11(13)14)6-8(9)12(15)16/h4-6,9H,1-3H3/q-1. The number of ether oxygens (including phenoxy) is 1. The smallest absolute Gasteiger partial charge is 0.142 e. The molecule has 0 N–H and O–H groups in total. The van der Waals surface area contributed by atoms with Gasteiger partial charge in [0.05, 0.1) is 11.7 Å². The molecule has 1 aliphatic rings. The molecule has 94 valence electrons. The third-order valence-electron chi connectivity index (χ3n) is 1.93. The predicted molar refractivity (Wildman–Crippen MR) is 59.1 cm³/mol. The summed E-state index contributed by atoms with van der Waals surface area (Å²) in [4.78, 5) is 20.0. The molecule has 0 bridgehead atoms. The summed E-state index contributed by atoms with van der Waals surface area (Å²) in [6.45, 7) is 5.27. The van der Waals surface area contributed by atoms with Gasteiger partial charge in [-0.1, -0.05) is 18.2 Å². The van der Waals surface area contributed by atoms with Crippen LogP contribution in [0.5, 0.6) is 0 Å². The molecule has 0 aliphatic heterocycles. The fraction of sp³-hybridized carbons (Fsp3) is 0.500. The third kappa shape index (κ3) is 3.56. The molecule has 1 unspecified atom stereocenters. The Balaban J connectivity index is 2.93. The van der Waals surface area contributed by atoms with E-state index in [1.165, 1.54) is 12.2 Å². The minimum Gasteiger partial charge on any atom is -0.376 e. The first kappa shape index (κ1) is 13.2. The largest absolute Gasteiger partial charge is 0.376 e. The van der Waals surface area contributed by atoms with Crippen LogP contribution in [0.4, 0.5) is 0 Å². The normalized spacial score (nSPS) is 20.1. The summed E-state index contributed by atoms with van der Waals surface area (Å²) < 4.78 is 5.45. The first-order valence-corrected chi connectivity index (χ1v) is 4.94. The lowest BCUT2D eigenvalue weighted by Gasteiger charge is -2.31. The summed E-state index contributed by atoms with van der Waals surface area (Å²) in [5.41, 5.74) is -0.888. The summed E-state index contributed by atoms with van der Waals surface area (Å²) in [6, 6.07) is -0.325. The van der Waals surface area contributed by atoms with Gasteiger partial charge in [0.1, 0.15) is 11.7 Å². The number of rotatable bonds is 3. The summed E-state index contributed by atoms with van der Waals surface area (Å²) in [5.74, 6) is 0. The average molecular weight is 241 g/mol. The number of nitro groups is 2. The Hall–Kier alpha value is -1.89. The molecule has 0 amide bonds. The van der Waals surface area contributed by atoms with Crippen molar-refractivity contribution in [1.29, 1.82) is 0 Å². The van der Waals surface area contributed by atoms with Gasteiger partial charge in [0.15, 0.2) is 0 Å². The van der Waals surface area contributed by atoms with Crippen LogP contribution in [-0.4, -0.2) is 21.6 Å². The Morgan fingerprint density at radius 1 is 1.35 bits per heavy atom. The van der Waals surface area contributed by atoms with Crippen LogP contribution in [0.2, 0.25) is 0 Å². The zero-order valence-electron chi connectivity index (χ0n) is 9.75. The van der Waals surface area contributed by atoms with Crippen LogP contribution >= 0.6 is 0 Å². The predicted octanol–water partition coefficient (Wildman–Crippen LogP) is 1.71. The van der Waals surface area contributed by atoms with Crippen LogP contribution < -0.4 is 0 Å². The first-order valence-electron chi connectivity index (χ1n) is 4.94. The van der Waals surface area contributed by atoms with Crippen LogP contribution in [0, 0.1) is 26.3 Å². The zero-order chi connectivity index (χ0) is 13.2. The Morgan fingerprint density at radius 2 is 1.94 bits per heavy atom. The highest BCUT2D eigenvalue weighted by molar-refractivity contribution is 5.29. The van der Waals surface area contributed by atoms with E-state index in [-0.39, 0.29) is 11.7 Å². The molecule has 0 aromatic heterocycles. The number of hydrogen-bond donors (Lipinski definition) is 0. The molecule has 0 aromatic carbocycles. The molecule has 1 aliphatic carbocycles. The van der Waals surface area contributed by atoms with Gasteiger partial charge >= 0.3 is 0 Å². The lowest BCUT2D eigenvalue weighted by molar-refractivity contribution is -0.473. The second-order valence-corrected chi connectivity index (χ2v) is 4.52. The maximum Gasteiger partial charge on any atom is 0.142 e. The second-order valence-electron chi connectivity index (χ2n) is 4.52. The van der Waals surface area contributed by atoms with E-state index in [1.54, 1.807) is 20.8 Å². The maximum atomic E-state index is 10.8. The van der Waals surface area contributed by atoms with E-state index >= 15 is 0 Å². The summed E-state index contributed by atoms with van der Waals surface area (Å²) in [6.07, 6.45) is 2.59. The van der Waals surface area contributed by atoms with Gasteiger partial charge in [-0.25, -0.2) is 0 Å². The van der Waals surface area contributed by atoms with E-state index in [9.17, 15) is 20.2 Å². The first-order chi connectivity index (χ1) is 7.70. The molecular weight excluding hydrogens is 228 g/mol. The highest BCUT2D eigenvalue weighted by Gasteiger charge is 2.29. The summed E-state index contributed by atoms with van der Waals surface area (Å²) in [7, 11) is 0. The Labute approximate surface area is 98.1 Å². The van der Waals surface area contributed by atoms with Crippen molar-refractivity contribution in [3.8, 4) is 0 Å². The van der Waals surface area contributed by atoms with Crippen molar-refractivity contribution >= 4 is 0 Å². The number of hydrogen-bond acceptors (Lipinski definition) is 5. The quantitative estimate of drug-likeness (QED) is 0.425. The molecule has 0 fully saturated rings. The van der Waals surface area contributed by atoms with Crippen molar-refractivity contribution in [2.24, 2.45) is 0 Å². The summed E-state index contributed by atoms with van der Waals surface area (Å²) in [5, 5.41) is 21.3. The Morgan fingerprint density at radius 3 is 2.35 bits per heavy atom. The maximum absolute atomic E-state index is 10.8. The van der Waals surface area contributed by atoms with E-state index in [1.807, 2.05) is 0 Å². The van der Waals surface area contributed by atoms with Crippen molar-refractivity contribution in [3.05, 3.63) is 50.2 Å². The fourth-order valence-electron chi connectivity index (χ4n) is 1.32. The molecule has 0 aromatic rings. The van der Waals surface area contributed by atoms with Gasteiger partial charge < -0.3 is 4.74 Å². The lowest BCUT2D eigenvalue weighted by Crippen LogP contribution is -2.34. The van der Waals surface area contributed by atoms with E-state index in [0.717, 1.165) is 6.08 Å². The molecule has 7 heteroatoms. The van der Waals surface area contributed by atoms with Crippen LogP contribution in [0.25, 0.3) is 0 Å². The molecule has 1 rings (SSSR count). The molecule has 0 spiro atoms. The molecule has 7 nitrogen and oxygen atoms in total. The SMILES string of the molecule is CC(C)(C)OC1C=CC([N+](=O)[O-])=C[C-]1[N+](=O)[O-]. The van der Waals surface area contributed by atoms with Crippen molar-refractivity contribution in [2.45, 2.75) is 32.5 Å². The molecule has 0 saturated carbocycles. The van der Waals surface area contributed by atoms with Gasteiger partial charge in [-0.2, -0.15) is 0 Å². The molecule has 17 heavy (non-hydrogen) atoms. The van der Waals surface area contributed by atoms with Crippen molar-refractivity contribution < 1.29 is 14.6 Å². The third-order valence-corrected chi connectivity index (χ3v) is 1.93. The highest BCUT2D eigenvalue weighted by Crippen LogP contribution is 2.26. The van der Waals surface area contributed by atoms with Gasteiger partial charge in [-0.3, -0.25) is 20.2 Å². The highest BCUT2D eigenvalue weighted by atomic mass is 16.6. The molecule has 0 radical (unpaired) electrons. The van der Waals surface area contributed by atoms with Crippen LogP contribution in [0.3, 0.4) is 0 Å². The van der Waals surface area contributed by atoms with Crippen molar-refractivity contribution in [1.82, 2.24) is 0 Å². The van der Waals surface area contributed by atoms with Crippen molar-refractivity contribution in [3.63, 3.8) is 0 Å². The van der Waals surface area contributed by atoms with Crippen LogP contribution in [0.1, 0.15) is 20.8 Å². The monoisotopic (exact) mass is 241 g/mol. The Bertz CT molecular complexity index is 394. The van der Waals surface area contributed by atoms with Gasteiger partial charge in [-0.15, -0.1) is 0 Å². The number of nitrogens with zero attached hydrogens (tertiary/aromatic N) is 2. The van der Waals surface area contributed by atoms with Crippen LogP contribution in [0.15, 0.2) is 23.9 Å². The van der Waals surface area contributed by atoms with E-state index in [0.29, 0.717) is 0 Å². The Kier molecular flexibility index (Phi) is 3.52. The second kappa shape index (κ2) is 4.54. The molecule has 0 saturated heterocycles. The number of allylic oxidation sites excluding steroid dienone is 1. The van der Waals surface area contributed by atoms with E-state index in [2.05, 4.69) is 0 Å². The van der Waals surface area contributed by atoms with Crippen LogP contribution in [-0.2, 0) is 4.74 Å². The van der Waals surface area contributed by atoms with E-state index < -0.39 is 21.6 Å². The van der Waals surface area contributed by atoms with Gasteiger partial charge in [0.2, 0.25) is 0 Å². The topological polar surface area (TPSA) is 95.5 Å². The minimum atomic E-state index is -0.867. The van der Waals surface area contributed by atoms with E-state index in [4.69, 9.17) is 4.74 Å².